The van der Waals surface area contributed by atoms with E-state index in [1.54, 1.807) is 53.4 Å². The van der Waals surface area contributed by atoms with Gasteiger partial charge in [-0.2, -0.15) is 0 Å². The highest BCUT2D eigenvalue weighted by Crippen LogP contribution is 2.40. The first-order chi connectivity index (χ1) is 21.3. The van der Waals surface area contributed by atoms with E-state index in [1.807, 2.05) is 17.0 Å². The second-order valence-electron chi connectivity index (χ2n) is 11.0. The van der Waals surface area contributed by atoms with Crippen molar-refractivity contribution in [2.24, 2.45) is 0 Å². The number of hydrogen-bond donors (Lipinski definition) is 2. The van der Waals surface area contributed by atoms with Gasteiger partial charge in [0, 0.05) is 68.2 Å². The number of halogens is 2. The number of ether oxygens (including phenoxy) is 1. The molecule has 1 unspecified atom stereocenters. The Morgan fingerprint density at radius 2 is 1.73 bits per heavy atom. The summed E-state index contributed by atoms with van der Waals surface area (Å²) in [6, 6.07) is 17.1. The van der Waals surface area contributed by atoms with Crippen LogP contribution in [0.3, 0.4) is 0 Å². The number of benzene rings is 3. The van der Waals surface area contributed by atoms with Crippen LogP contribution in [0.2, 0.25) is 10.0 Å². The van der Waals surface area contributed by atoms with Crippen molar-refractivity contribution < 1.29 is 24.2 Å². The number of aliphatic hydroxyl groups excluding tert-OH is 1. The molecule has 2 N–H and O–H groups in total. The van der Waals surface area contributed by atoms with Crippen LogP contribution in [0.5, 0.6) is 5.75 Å². The standard InChI is InChI=1S/C33H36Cl2N4O5/c1-44-30-21-24(36-32(42)25-6-2-3-7-28(25)35)9-10-26(30)33(43)39-12-4-5-22(27-20-23(34)8-11-29(27)39)19-31(41)38-15-13-37(14-16-38)17-18-40/h2-3,6-11,20-22,40H,4-5,12-19H2,1H3,(H,36,42). The number of nitrogens with one attached hydrogen (secondary N) is 1. The molecule has 5 rings (SSSR count). The molecule has 0 aliphatic carbocycles. The fourth-order valence-electron chi connectivity index (χ4n) is 5.93. The molecule has 0 aromatic heterocycles. The largest absolute Gasteiger partial charge is 0.496 e. The van der Waals surface area contributed by atoms with Crippen LogP contribution in [-0.2, 0) is 4.79 Å². The van der Waals surface area contributed by atoms with Gasteiger partial charge in [0.15, 0.2) is 0 Å². The van der Waals surface area contributed by atoms with E-state index in [4.69, 9.17) is 27.9 Å². The Balaban J connectivity index is 1.35. The number of nitrogens with zero attached hydrogens (tertiary/aromatic N) is 3. The summed E-state index contributed by atoms with van der Waals surface area (Å²) in [4.78, 5) is 46.0. The number of amides is 3. The molecule has 44 heavy (non-hydrogen) atoms. The van der Waals surface area contributed by atoms with Crippen molar-refractivity contribution in [2.45, 2.75) is 25.2 Å². The number of fused-ring (bicyclic) bond motifs is 1. The predicted molar refractivity (Wildman–Crippen MR) is 172 cm³/mol. The maximum atomic E-state index is 14.1. The van der Waals surface area contributed by atoms with Gasteiger partial charge in [0.25, 0.3) is 11.8 Å². The van der Waals surface area contributed by atoms with E-state index in [9.17, 15) is 19.5 Å². The third-order valence-electron chi connectivity index (χ3n) is 8.27. The molecule has 0 bridgehead atoms. The smallest absolute Gasteiger partial charge is 0.262 e. The molecule has 0 radical (unpaired) electrons. The summed E-state index contributed by atoms with van der Waals surface area (Å²) in [5.74, 6) is -0.308. The van der Waals surface area contributed by atoms with Crippen molar-refractivity contribution >= 4 is 52.3 Å². The molecule has 11 heteroatoms. The number of β-amino-alcohol motifs (C(OH)–C–C–N with tert-alkyl or cyclic N) is 1. The topological polar surface area (TPSA) is 102 Å². The third kappa shape index (κ3) is 7.18. The molecule has 3 aromatic rings. The van der Waals surface area contributed by atoms with E-state index in [2.05, 4.69) is 10.2 Å². The fraction of sp³-hybridized carbons (Fsp3) is 0.364. The van der Waals surface area contributed by atoms with Crippen LogP contribution in [0, 0.1) is 0 Å². The number of anilines is 2. The lowest BCUT2D eigenvalue weighted by Crippen LogP contribution is -2.49. The van der Waals surface area contributed by atoms with Gasteiger partial charge in [0.05, 0.1) is 29.9 Å². The van der Waals surface area contributed by atoms with Crippen LogP contribution in [0.15, 0.2) is 60.7 Å². The molecule has 3 aromatic carbocycles. The molecule has 2 heterocycles. The molecular formula is C33H36Cl2N4O5. The van der Waals surface area contributed by atoms with Gasteiger partial charge in [-0.05, 0) is 66.8 Å². The van der Waals surface area contributed by atoms with Crippen LogP contribution >= 0.6 is 23.2 Å². The summed E-state index contributed by atoms with van der Waals surface area (Å²) in [5.41, 5.74) is 2.74. The summed E-state index contributed by atoms with van der Waals surface area (Å²) in [5, 5.41) is 12.9. The van der Waals surface area contributed by atoms with Crippen LogP contribution in [0.1, 0.15) is 51.5 Å². The van der Waals surface area contributed by atoms with Gasteiger partial charge < -0.3 is 25.0 Å². The molecule has 232 valence electrons. The third-order valence-corrected chi connectivity index (χ3v) is 8.83. The van der Waals surface area contributed by atoms with Gasteiger partial charge in [-0.25, -0.2) is 0 Å². The van der Waals surface area contributed by atoms with Gasteiger partial charge in [0.2, 0.25) is 5.91 Å². The van der Waals surface area contributed by atoms with Gasteiger partial charge in [0.1, 0.15) is 5.75 Å². The van der Waals surface area contributed by atoms with E-state index < -0.39 is 0 Å². The van der Waals surface area contributed by atoms with E-state index in [1.165, 1.54) is 7.11 Å². The Kier molecular flexibility index (Phi) is 10.4. The average molecular weight is 640 g/mol. The minimum atomic E-state index is -0.373. The van der Waals surface area contributed by atoms with Gasteiger partial charge >= 0.3 is 0 Å². The number of hydrogen-bond acceptors (Lipinski definition) is 6. The molecule has 2 aliphatic heterocycles. The molecule has 0 saturated carbocycles. The average Bonchev–Trinajstić information content (AvgIpc) is 3.20. The first-order valence-electron chi connectivity index (χ1n) is 14.7. The van der Waals surface area contributed by atoms with Crippen molar-refractivity contribution in [3.8, 4) is 5.75 Å². The molecule has 1 saturated heterocycles. The quantitative estimate of drug-likeness (QED) is 0.347. The zero-order chi connectivity index (χ0) is 31.2. The summed E-state index contributed by atoms with van der Waals surface area (Å²) in [6.07, 6.45) is 1.77. The Labute approximate surface area is 267 Å². The second kappa shape index (κ2) is 14.4. The van der Waals surface area contributed by atoms with Crippen LogP contribution in [0.4, 0.5) is 11.4 Å². The highest BCUT2D eigenvalue weighted by molar-refractivity contribution is 6.34. The fourth-order valence-corrected chi connectivity index (χ4v) is 6.33. The zero-order valence-electron chi connectivity index (χ0n) is 24.6. The minimum absolute atomic E-state index is 0.0837. The Morgan fingerprint density at radius 3 is 2.45 bits per heavy atom. The monoisotopic (exact) mass is 638 g/mol. The minimum Gasteiger partial charge on any atom is -0.496 e. The van der Waals surface area contributed by atoms with Gasteiger partial charge in [-0.1, -0.05) is 35.3 Å². The van der Waals surface area contributed by atoms with E-state index in [0.29, 0.717) is 71.6 Å². The highest BCUT2D eigenvalue weighted by Gasteiger charge is 2.31. The summed E-state index contributed by atoms with van der Waals surface area (Å²) < 4.78 is 5.60. The molecule has 1 fully saturated rings. The summed E-state index contributed by atoms with van der Waals surface area (Å²) in [6.45, 7) is 3.94. The lowest BCUT2D eigenvalue weighted by Gasteiger charge is -2.35. The number of carbonyl (C=O) groups is 3. The molecule has 3 amide bonds. The SMILES string of the molecule is COc1cc(NC(=O)c2ccccc2Cl)ccc1C(=O)N1CCCC(CC(=O)N2CCN(CCO)CC2)c2cc(Cl)ccc21. The number of carbonyl (C=O) groups excluding carboxylic acids is 3. The number of piperazine rings is 1. The van der Waals surface area contributed by atoms with Crippen molar-refractivity contribution in [3.63, 3.8) is 0 Å². The Hall–Kier alpha value is -3.63. The van der Waals surface area contributed by atoms with Crippen molar-refractivity contribution in [1.82, 2.24) is 9.80 Å². The first-order valence-corrected chi connectivity index (χ1v) is 15.5. The van der Waals surface area contributed by atoms with E-state index >= 15 is 0 Å². The van der Waals surface area contributed by atoms with Crippen LogP contribution in [-0.4, -0.2) is 85.6 Å². The van der Waals surface area contributed by atoms with Gasteiger partial charge in [-0.3, -0.25) is 19.3 Å². The van der Waals surface area contributed by atoms with Crippen LogP contribution in [0.25, 0.3) is 0 Å². The molecular weight excluding hydrogens is 603 g/mol. The zero-order valence-corrected chi connectivity index (χ0v) is 26.1. The van der Waals surface area contributed by atoms with E-state index in [0.717, 1.165) is 30.8 Å². The molecule has 9 nitrogen and oxygen atoms in total. The molecule has 1 atom stereocenters. The van der Waals surface area contributed by atoms with Crippen molar-refractivity contribution in [2.75, 3.05) is 63.2 Å². The van der Waals surface area contributed by atoms with Crippen molar-refractivity contribution in [3.05, 3.63) is 87.4 Å². The number of rotatable bonds is 8. The van der Waals surface area contributed by atoms with Crippen molar-refractivity contribution in [1.29, 1.82) is 0 Å². The number of methoxy groups -OCH3 is 1. The Bertz CT molecular complexity index is 1530. The maximum absolute atomic E-state index is 14.1. The first kappa shape index (κ1) is 31.8. The highest BCUT2D eigenvalue weighted by atomic mass is 35.5. The van der Waals surface area contributed by atoms with Crippen LogP contribution < -0.4 is 15.0 Å². The predicted octanol–water partition coefficient (Wildman–Crippen LogP) is 5.31. The van der Waals surface area contributed by atoms with Gasteiger partial charge in [-0.15, -0.1) is 0 Å². The lowest BCUT2D eigenvalue weighted by molar-refractivity contribution is -0.133. The van der Waals surface area contributed by atoms with E-state index in [-0.39, 0.29) is 30.2 Å². The number of aliphatic hydroxyl groups is 1. The maximum Gasteiger partial charge on any atom is 0.262 e. The summed E-state index contributed by atoms with van der Waals surface area (Å²) in [7, 11) is 1.48. The second-order valence-corrected chi connectivity index (χ2v) is 11.8. The lowest BCUT2D eigenvalue weighted by atomic mass is 9.90. The normalized spacial score (nSPS) is 17.0. The Morgan fingerprint density at radius 1 is 0.955 bits per heavy atom. The summed E-state index contributed by atoms with van der Waals surface area (Å²) >= 11 is 12.6. The molecule has 0 spiro atoms. The molecule has 2 aliphatic rings.